The molecule has 0 fully saturated rings. The van der Waals surface area contributed by atoms with E-state index in [0.717, 1.165) is 12.8 Å². The second-order valence-corrected chi connectivity index (χ2v) is 10.0. The van der Waals surface area contributed by atoms with Crippen LogP contribution in [0.2, 0.25) is 13.1 Å². The van der Waals surface area contributed by atoms with E-state index in [1.165, 1.54) is 5.20 Å². The molecule has 0 saturated heterocycles. The van der Waals surface area contributed by atoms with Crippen LogP contribution in [-0.2, 0) is 28.1 Å². The third-order valence-electron chi connectivity index (χ3n) is 3.06. The first-order valence-electron chi connectivity index (χ1n) is 5.51. The van der Waals surface area contributed by atoms with Gasteiger partial charge in [-0.25, -0.2) is 11.3 Å². The summed E-state index contributed by atoms with van der Waals surface area (Å²) in [6.07, 6.45) is 10.2. The van der Waals surface area contributed by atoms with Gasteiger partial charge >= 0.3 is 21.7 Å². The molecular formula is C13H17Cl2SSiTi. The number of halogens is 2. The largest absolute Gasteiger partial charge is 3.00 e. The van der Waals surface area contributed by atoms with Crippen molar-refractivity contribution in [3.63, 3.8) is 0 Å². The minimum absolute atomic E-state index is 0. The minimum Gasteiger partial charge on any atom is -1.00 e. The standard InChI is InChI=1S/C13H17SSi.2ClH.Ti/c1-4-11-9-10-14-13(11)15(2,3)12-7-5-6-8-12;;;/h5,7,9-10H,4,6H2,1-3H3;2*1H;/q-1;;;+3/p-2. The van der Waals surface area contributed by atoms with Crippen molar-refractivity contribution in [1.82, 2.24) is 0 Å². The maximum Gasteiger partial charge on any atom is 3.00 e. The number of hydrogen-bond acceptors (Lipinski definition) is 1. The first-order chi connectivity index (χ1) is 7.16. The van der Waals surface area contributed by atoms with Gasteiger partial charge in [0.2, 0.25) is 0 Å². The quantitative estimate of drug-likeness (QED) is 0.416. The Balaban J connectivity index is 0. The maximum atomic E-state index is 3.51. The number of allylic oxidation sites excluding steroid dienone is 4. The van der Waals surface area contributed by atoms with Crippen LogP contribution < -0.4 is 29.3 Å². The van der Waals surface area contributed by atoms with Crippen molar-refractivity contribution in [1.29, 1.82) is 0 Å². The van der Waals surface area contributed by atoms with E-state index in [1.54, 1.807) is 10.1 Å². The first kappa shape index (κ1) is 21.0. The average molecular weight is 352 g/mol. The molecule has 0 nitrogen and oxygen atoms in total. The van der Waals surface area contributed by atoms with Gasteiger partial charge in [0.05, 0.1) is 8.07 Å². The Labute approximate surface area is 143 Å². The number of hydrogen-bond donors (Lipinski definition) is 0. The molecule has 2 rings (SSSR count). The summed E-state index contributed by atoms with van der Waals surface area (Å²) < 4.78 is 1.64. The van der Waals surface area contributed by atoms with Crippen molar-refractivity contribution in [2.45, 2.75) is 32.9 Å². The Hall–Kier alpha value is 0.691. The van der Waals surface area contributed by atoms with Crippen molar-refractivity contribution in [3.05, 3.63) is 40.4 Å². The van der Waals surface area contributed by atoms with Crippen LogP contribution in [0, 0.1) is 6.08 Å². The molecule has 0 amide bonds. The van der Waals surface area contributed by atoms with Gasteiger partial charge in [0.15, 0.2) is 0 Å². The summed E-state index contributed by atoms with van der Waals surface area (Å²) in [5.74, 6) is 0. The molecule has 97 valence electrons. The number of thiophene rings is 1. The molecule has 0 unspecified atom stereocenters. The van der Waals surface area contributed by atoms with Gasteiger partial charge in [-0.15, -0.1) is 6.42 Å². The molecule has 1 aromatic heterocycles. The predicted molar refractivity (Wildman–Crippen MR) is 71.3 cm³/mol. The first-order valence-corrected chi connectivity index (χ1v) is 9.39. The maximum absolute atomic E-state index is 3.51. The minimum atomic E-state index is -1.42. The Morgan fingerprint density at radius 1 is 1.33 bits per heavy atom. The van der Waals surface area contributed by atoms with Crippen LogP contribution in [0.1, 0.15) is 18.9 Å². The van der Waals surface area contributed by atoms with Gasteiger partial charge in [-0.3, -0.25) is 6.08 Å². The van der Waals surface area contributed by atoms with Gasteiger partial charge < -0.3 is 24.8 Å². The van der Waals surface area contributed by atoms with Gasteiger partial charge in [0.1, 0.15) is 0 Å². The van der Waals surface area contributed by atoms with E-state index in [-0.39, 0.29) is 46.5 Å². The van der Waals surface area contributed by atoms with Crippen LogP contribution in [0.15, 0.2) is 28.8 Å². The predicted octanol–water partition coefficient (Wildman–Crippen LogP) is -2.54. The van der Waals surface area contributed by atoms with E-state index in [9.17, 15) is 0 Å². The zero-order valence-electron chi connectivity index (χ0n) is 10.9. The van der Waals surface area contributed by atoms with Gasteiger partial charge in [-0.2, -0.15) is 17.4 Å². The topological polar surface area (TPSA) is 0 Å². The molecule has 0 bridgehead atoms. The second-order valence-electron chi connectivity index (χ2n) is 4.45. The zero-order chi connectivity index (χ0) is 10.9. The third-order valence-corrected chi connectivity index (χ3v) is 8.86. The summed E-state index contributed by atoms with van der Waals surface area (Å²) in [6, 6.07) is 2.29. The smallest absolute Gasteiger partial charge is 1.00 e. The van der Waals surface area contributed by atoms with E-state index in [1.807, 2.05) is 11.3 Å². The van der Waals surface area contributed by atoms with Crippen LogP contribution in [0.5, 0.6) is 0 Å². The molecule has 1 aliphatic carbocycles. The molecule has 1 heterocycles. The van der Waals surface area contributed by atoms with Gasteiger partial charge in [0.25, 0.3) is 0 Å². The SMILES string of the molecule is CCc1ccsc1[Si](C)(C)C1=[C-]CC=C1.[Cl-].[Cl-].[Ti+3]. The van der Waals surface area contributed by atoms with Crippen LogP contribution in [0.4, 0.5) is 0 Å². The monoisotopic (exact) mass is 351 g/mol. The van der Waals surface area contributed by atoms with Crippen LogP contribution in [0.25, 0.3) is 0 Å². The van der Waals surface area contributed by atoms with E-state index in [2.05, 4.69) is 49.7 Å². The number of rotatable bonds is 3. The molecule has 0 spiro atoms. The van der Waals surface area contributed by atoms with Gasteiger partial charge in [-0.1, -0.05) is 20.0 Å². The van der Waals surface area contributed by atoms with Crippen LogP contribution >= 0.6 is 11.3 Å². The van der Waals surface area contributed by atoms with Crippen LogP contribution in [0.3, 0.4) is 0 Å². The molecule has 0 atom stereocenters. The van der Waals surface area contributed by atoms with Crippen LogP contribution in [-0.4, -0.2) is 8.07 Å². The molecular weight excluding hydrogens is 335 g/mol. The molecule has 0 N–H and O–H groups in total. The summed E-state index contributed by atoms with van der Waals surface area (Å²) in [6.45, 7) is 7.13. The molecule has 0 saturated carbocycles. The van der Waals surface area contributed by atoms with Crippen molar-refractivity contribution >= 4 is 23.9 Å². The number of aryl methyl sites for hydroxylation is 1. The third kappa shape index (κ3) is 4.09. The Morgan fingerprint density at radius 2 is 2.00 bits per heavy atom. The summed E-state index contributed by atoms with van der Waals surface area (Å²) >= 11 is 1.93. The summed E-state index contributed by atoms with van der Waals surface area (Å²) in [4.78, 5) is 0. The van der Waals surface area contributed by atoms with Crippen molar-refractivity contribution in [2.24, 2.45) is 0 Å². The fourth-order valence-corrected chi connectivity index (χ4v) is 6.95. The summed E-state index contributed by atoms with van der Waals surface area (Å²) in [5, 5.41) is 3.72. The van der Waals surface area contributed by atoms with E-state index in [4.69, 9.17) is 0 Å². The molecule has 1 aliphatic rings. The Morgan fingerprint density at radius 3 is 2.50 bits per heavy atom. The molecule has 18 heavy (non-hydrogen) atoms. The van der Waals surface area contributed by atoms with E-state index >= 15 is 0 Å². The van der Waals surface area contributed by atoms with Gasteiger partial charge in [-0.05, 0) is 27.9 Å². The fourth-order valence-electron chi connectivity index (χ4n) is 2.12. The second kappa shape index (κ2) is 8.78. The molecule has 1 aromatic rings. The molecule has 5 heteroatoms. The molecule has 0 aromatic carbocycles. The van der Waals surface area contributed by atoms with Crippen molar-refractivity contribution in [3.8, 4) is 0 Å². The van der Waals surface area contributed by atoms with Gasteiger partial charge in [0, 0.05) is 0 Å². The van der Waals surface area contributed by atoms with E-state index < -0.39 is 8.07 Å². The van der Waals surface area contributed by atoms with Crippen molar-refractivity contribution < 1.29 is 46.5 Å². The molecule has 0 aliphatic heterocycles. The fraction of sp³-hybridized carbons (Fsp3) is 0.385. The zero-order valence-corrected chi connectivity index (χ0v) is 15.8. The van der Waals surface area contributed by atoms with Crippen molar-refractivity contribution in [2.75, 3.05) is 0 Å². The Kier molecular flexibility index (Phi) is 10.2. The average Bonchev–Trinajstić information content (AvgIpc) is 2.89. The normalized spacial score (nSPS) is 13.2. The summed E-state index contributed by atoms with van der Waals surface area (Å²) in [7, 11) is -1.42. The molecule has 1 radical (unpaired) electrons. The summed E-state index contributed by atoms with van der Waals surface area (Å²) in [5.41, 5.74) is 1.55. The Bertz CT molecular complexity index is 424. The van der Waals surface area contributed by atoms with E-state index in [0.29, 0.717) is 0 Å².